The molecule has 1 aliphatic carbocycles. The number of aromatic nitrogens is 3. The van der Waals surface area contributed by atoms with Gasteiger partial charge in [0.1, 0.15) is 11.4 Å². The molecule has 0 unspecified atom stereocenters. The number of carbonyl (C=O) groups excluding carboxylic acids is 1. The number of nitrogens with one attached hydrogen (secondary N) is 1. The quantitative estimate of drug-likeness (QED) is 0.442. The Kier molecular flexibility index (Phi) is 6.17. The number of alkyl halides is 3. The lowest BCUT2D eigenvalue weighted by molar-refractivity contribution is -0.141. The Hall–Kier alpha value is -2.59. The number of nitrogens with zero attached hydrogens (tertiary/aromatic N) is 3. The Morgan fingerprint density at radius 1 is 1.18 bits per heavy atom. The zero-order valence-electron chi connectivity index (χ0n) is 18.2. The first kappa shape index (κ1) is 23.6. The van der Waals surface area contributed by atoms with Crippen molar-refractivity contribution in [2.45, 2.75) is 62.6 Å². The van der Waals surface area contributed by atoms with Gasteiger partial charge in [-0.05, 0) is 63.8 Å². The van der Waals surface area contributed by atoms with Gasteiger partial charge in [0.05, 0.1) is 17.2 Å². The van der Waals surface area contributed by atoms with Gasteiger partial charge in [-0.15, -0.1) is 0 Å². The van der Waals surface area contributed by atoms with E-state index in [0.717, 1.165) is 43.2 Å². The Morgan fingerprint density at radius 2 is 1.88 bits per heavy atom. The van der Waals surface area contributed by atoms with Crippen LogP contribution in [0, 0.1) is 0 Å². The summed E-state index contributed by atoms with van der Waals surface area (Å²) >= 11 is 4.54. The third-order valence-electron chi connectivity index (χ3n) is 5.88. The molecule has 1 aliphatic rings. The van der Waals surface area contributed by atoms with Crippen LogP contribution >= 0.6 is 12.6 Å². The lowest BCUT2D eigenvalue weighted by atomic mass is 9.95. The first-order chi connectivity index (χ1) is 15.4. The molecule has 3 aromatic rings. The molecular formula is C23H25F3N4O2S. The summed E-state index contributed by atoms with van der Waals surface area (Å²) in [6.07, 6.45) is 1.17. The predicted molar refractivity (Wildman–Crippen MR) is 122 cm³/mol. The Labute approximate surface area is 194 Å². The van der Waals surface area contributed by atoms with Crippen LogP contribution in [0.4, 0.5) is 18.9 Å². The molecule has 2 N–H and O–H groups in total. The number of anilines is 1. The highest BCUT2D eigenvalue weighted by Crippen LogP contribution is 2.35. The molecule has 176 valence electrons. The van der Waals surface area contributed by atoms with Gasteiger partial charge in [0.2, 0.25) is 0 Å². The number of hydrogen-bond donors (Lipinski definition) is 3. The molecule has 0 bridgehead atoms. The number of hydrogen-bond acceptors (Lipinski definition) is 5. The van der Waals surface area contributed by atoms with E-state index in [9.17, 15) is 23.1 Å². The van der Waals surface area contributed by atoms with E-state index >= 15 is 0 Å². The van der Waals surface area contributed by atoms with E-state index in [1.807, 2.05) is 10.9 Å². The summed E-state index contributed by atoms with van der Waals surface area (Å²) < 4.78 is 40.9. The van der Waals surface area contributed by atoms with Gasteiger partial charge in [0.25, 0.3) is 5.91 Å². The van der Waals surface area contributed by atoms with Gasteiger partial charge in [-0.2, -0.15) is 30.9 Å². The standard InChI is InChI=1S/C23H25F3N4O2S/c1-22(2,32)16-11-18-13(12-30(29-18)14-6-8-15(33)9-7-14)10-19(16)28-21(31)17-4-3-5-20(27-17)23(24,25)26/h3-5,10-12,14-15,32-33H,6-9H2,1-2H3,(H,28,31)/t14-,15-. The summed E-state index contributed by atoms with van der Waals surface area (Å²) in [4.78, 5) is 16.2. The second kappa shape index (κ2) is 8.64. The van der Waals surface area contributed by atoms with Crippen LogP contribution in [0.2, 0.25) is 0 Å². The van der Waals surface area contributed by atoms with E-state index in [1.165, 1.54) is 6.07 Å². The fraction of sp³-hybridized carbons (Fsp3) is 0.435. The number of aliphatic hydroxyl groups is 1. The zero-order chi connectivity index (χ0) is 24.0. The minimum absolute atomic E-state index is 0.249. The summed E-state index contributed by atoms with van der Waals surface area (Å²) in [5, 5.41) is 19.2. The van der Waals surface area contributed by atoms with Crippen LogP contribution in [0.1, 0.15) is 67.3 Å². The van der Waals surface area contributed by atoms with Crippen LogP contribution in [0.3, 0.4) is 0 Å². The summed E-state index contributed by atoms with van der Waals surface area (Å²) in [5.41, 5.74) is -1.49. The third-order valence-corrected chi connectivity index (χ3v) is 6.40. The first-order valence-corrected chi connectivity index (χ1v) is 11.2. The number of rotatable bonds is 4. The topological polar surface area (TPSA) is 80.0 Å². The van der Waals surface area contributed by atoms with Crippen LogP contribution in [0.15, 0.2) is 36.5 Å². The highest BCUT2D eigenvalue weighted by Gasteiger charge is 2.33. The van der Waals surface area contributed by atoms with Gasteiger partial charge in [-0.25, -0.2) is 4.98 Å². The van der Waals surface area contributed by atoms with Crippen LogP contribution in [0.25, 0.3) is 10.9 Å². The Bertz CT molecular complexity index is 1180. The van der Waals surface area contributed by atoms with Crippen molar-refractivity contribution in [1.82, 2.24) is 14.8 Å². The van der Waals surface area contributed by atoms with E-state index in [4.69, 9.17) is 0 Å². The molecule has 1 amide bonds. The maximum Gasteiger partial charge on any atom is 0.433 e. The van der Waals surface area contributed by atoms with Crippen molar-refractivity contribution in [2.24, 2.45) is 0 Å². The molecule has 0 atom stereocenters. The van der Waals surface area contributed by atoms with Crippen molar-refractivity contribution in [1.29, 1.82) is 0 Å². The number of benzene rings is 1. The van der Waals surface area contributed by atoms with Crippen molar-refractivity contribution < 1.29 is 23.1 Å². The van der Waals surface area contributed by atoms with E-state index in [2.05, 4.69) is 28.0 Å². The Balaban J connectivity index is 1.68. The molecule has 2 heterocycles. The lowest BCUT2D eigenvalue weighted by Gasteiger charge is -2.25. The van der Waals surface area contributed by atoms with Crippen molar-refractivity contribution in [3.8, 4) is 0 Å². The second-order valence-electron chi connectivity index (χ2n) is 8.95. The monoisotopic (exact) mass is 478 g/mol. The highest BCUT2D eigenvalue weighted by atomic mass is 32.1. The largest absolute Gasteiger partial charge is 0.433 e. The fourth-order valence-electron chi connectivity index (χ4n) is 4.12. The molecule has 33 heavy (non-hydrogen) atoms. The number of thiol groups is 1. The molecule has 1 fully saturated rings. The average molecular weight is 479 g/mol. The molecule has 0 aliphatic heterocycles. The maximum atomic E-state index is 13.0. The third kappa shape index (κ3) is 5.16. The normalized spacial score (nSPS) is 19.6. The molecular weight excluding hydrogens is 453 g/mol. The van der Waals surface area contributed by atoms with Gasteiger partial charge >= 0.3 is 6.18 Å². The van der Waals surface area contributed by atoms with Crippen molar-refractivity contribution >= 4 is 35.1 Å². The zero-order valence-corrected chi connectivity index (χ0v) is 19.1. The van der Waals surface area contributed by atoms with E-state index in [-0.39, 0.29) is 17.4 Å². The van der Waals surface area contributed by atoms with Gasteiger partial charge in [-0.3, -0.25) is 9.48 Å². The minimum atomic E-state index is -4.66. The predicted octanol–water partition coefficient (Wildman–Crippen LogP) is 5.34. The fourth-order valence-corrected chi connectivity index (χ4v) is 4.41. The van der Waals surface area contributed by atoms with Crippen LogP contribution < -0.4 is 5.32 Å². The van der Waals surface area contributed by atoms with E-state index in [1.54, 1.807) is 26.0 Å². The molecule has 2 aromatic heterocycles. The van der Waals surface area contributed by atoms with Gasteiger partial charge < -0.3 is 10.4 Å². The number of carbonyl (C=O) groups is 1. The van der Waals surface area contributed by atoms with Gasteiger partial charge in [0, 0.05) is 28.1 Å². The van der Waals surface area contributed by atoms with E-state index < -0.39 is 23.4 Å². The molecule has 0 radical (unpaired) electrons. The Morgan fingerprint density at radius 3 is 2.52 bits per heavy atom. The van der Waals surface area contributed by atoms with Crippen molar-refractivity contribution in [3.05, 3.63) is 53.5 Å². The summed E-state index contributed by atoms with van der Waals surface area (Å²) in [6.45, 7) is 3.13. The van der Waals surface area contributed by atoms with Crippen molar-refractivity contribution in [3.63, 3.8) is 0 Å². The van der Waals surface area contributed by atoms with Gasteiger partial charge in [0.15, 0.2) is 0 Å². The first-order valence-electron chi connectivity index (χ1n) is 10.7. The van der Waals surface area contributed by atoms with E-state index in [0.29, 0.717) is 16.3 Å². The molecule has 1 saturated carbocycles. The maximum absolute atomic E-state index is 13.0. The van der Waals surface area contributed by atoms with Crippen LogP contribution in [-0.4, -0.2) is 31.0 Å². The average Bonchev–Trinajstić information content (AvgIpc) is 3.15. The van der Waals surface area contributed by atoms with Crippen LogP contribution in [0.5, 0.6) is 0 Å². The van der Waals surface area contributed by atoms with Crippen LogP contribution in [-0.2, 0) is 11.8 Å². The number of amides is 1. The SMILES string of the molecule is CC(C)(O)c1cc2nn([C@H]3CC[C@H](S)CC3)cc2cc1NC(=O)c1cccc(C(F)(F)F)n1. The molecule has 4 rings (SSSR count). The van der Waals surface area contributed by atoms with Gasteiger partial charge in [-0.1, -0.05) is 6.07 Å². The summed E-state index contributed by atoms with van der Waals surface area (Å²) in [5.74, 6) is -0.801. The molecule has 0 saturated heterocycles. The number of pyridine rings is 1. The molecule has 10 heteroatoms. The summed E-state index contributed by atoms with van der Waals surface area (Å²) in [7, 11) is 0. The molecule has 0 spiro atoms. The van der Waals surface area contributed by atoms with Crippen molar-refractivity contribution in [2.75, 3.05) is 5.32 Å². The number of halogens is 3. The molecule has 1 aromatic carbocycles. The molecule has 6 nitrogen and oxygen atoms in total. The number of fused-ring (bicyclic) bond motifs is 1. The lowest BCUT2D eigenvalue weighted by Crippen LogP contribution is -2.22. The highest BCUT2D eigenvalue weighted by molar-refractivity contribution is 7.80. The smallest absolute Gasteiger partial charge is 0.386 e. The summed E-state index contributed by atoms with van der Waals surface area (Å²) in [6, 6.07) is 6.78. The minimum Gasteiger partial charge on any atom is -0.386 e. The second-order valence-corrected chi connectivity index (χ2v) is 9.68.